The Balaban J connectivity index is 3.01. The number of aliphatic hydroxyl groups excluding tert-OH is 1. The average Bonchev–Trinajstić information content (AvgIpc) is 1.89. The van der Waals surface area contributed by atoms with Crippen LogP contribution in [0.25, 0.3) is 0 Å². The molecule has 0 unspecified atom stereocenters. The van der Waals surface area contributed by atoms with Gasteiger partial charge in [-0.25, -0.2) is 9.97 Å². The molecule has 0 aliphatic carbocycles. The van der Waals surface area contributed by atoms with E-state index in [1.807, 2.05) is 0 Å². The van der Waals surface area contributed by atoms with Crippen LogP contribution in [0.5, 0.6) is 0 Å². The molecule has 0 radical (unpaired) electrons. The number of hydrogen-bond acceptors (Lipinski definition) is 3. The smallest absolute Gasteiger partial charge is 0.116 e. The molecule has 1 aromatic heterocycles. The molecule has 0 spiro atoms. The van der Waals surface area contributed by atoms with Crippen molar-refractivity contribution in [2.75, 3.05) is 0 Å². The number of nitrogens with zero attached hydrogens (tertiary/aromatic N) is 2. The van der Waals surface area contributed by atoms with Crippen molar-refractivity contribution in [2.24, 2.45) is 0 Å². The Kier molecular flexibility index (Phi) is 2.13. The van der Waals surface area contributed by atoms with Crippen molar-refractivity contribution < 1.29 is 5.11 Å². The van der Waals surface area contributed by atoms with E-state index in [0.717, 1.165) is 0 Å². The van der Waals surface area contributed by atoms with Crippen LogP contribution in [0.3, 0.4) is 0 Å². The van der Waals surface area contributed by atoms with Gasteiger partial charge in [0.15, 0.2) is 0 Å². The minimum absolute atomic E-state index is 0.0264. The molecular weight excluding hydrogens is 184 g/mol. The summed E-state index contributed by atoms with van der Waals surface area (Å²) in [5, 5.41) is 8.61. The highest BCUT2D eigenvalue weighted by atomic mass is 79.9. The first-order valence-electron chi connectivity index (χ1n) is 2.40. The van der Waals surface area contributed by atoms with E-state index in [1.165, 1.54) is 6.33 Å². The minimum atomic E-state index is -0.0264. The van der Waals surface area contributed by atoms with Crippen LogP contribution in [0.2, 0.25) is 0 Å². The van der Waals surface area contributed by atoms with Crippen molar-refractivity contribution in [3.05, 3.63) is 22.7 Å². The molecule has 0 aliphatic rings. The minimum Gasteiger partial charge on any atom is -0.392 e. The quantitative estimate of drug-likeness (QED) is 0.662. The second kappa shape index (κ2) is 2.89. The van der Waals surface area contributed by atoms with E-state index in [-0.39, 0.29) is 6.61 Å². The molecule has 0 aliphatic heterocycles. The molecule has 4 heteroatoms. The predicted molar refractivity (Wildman–Crippen MR) is 35.7 cm³/mol. The topological polar surface area (TPSA) is 46.0 Å². The Bertz CT molecular complexity index is 204. The second-order valence-corrected chi connectivity index (χ2v) is 2.25. The van der Waals surface area contributed by atoms with Crippen molar-refractivity contribution in [1.29, 1.82) is 0 Å². The van der Waals surface area contributed by atoms with Gasteiger partial charge in [0.1, 0.15) is 10.9 Å². The second-order valence-electron chi connectivity index (χ2n) is 1.50. The zero-order valence-corrected chi connectivity index (χ0v) is 6.17. The molecule has 1 aromatic rings. The molecule has 0 saturated carbocycles. The van der Waals surface area contributed by atoms with E-state index in [2.05, 4.69) is 25.9 Å². The van der Waals surface area contributed by atoms with Crippen LogP contribution >= 0.6 is 15.9 Å². The molecule has 0 aromatic carbocycles. The average molecular weight is 189 g/mol. The number of hydrogen-bond donors (Lipinski definition) is 1. The van der Waals surface area contributed by atoms with Crippen LogP contribution in [-0.2, 0) is 6.61 Å². The molecule has 0 atom stereocenters. The van der Waals surface area contributed by atoms with E-state index in [9.17, 15) is 0 Å². The highest BCUT2D eigenvalue weighted by molar-refractivity contribution is 9.10. The van der Waals surface area contributed by atoms with Crippen molar-refractivity contribution in [1.82, 2.24) is 9.97 Å². The Morgan fingerprint density at radius 1 is 1.67 bits per heavy atom. The van der Waals surface area contributed by atoms with Crippen molar-refractivity contribution in [3.63, 3.8) is 0 Å². The van der Waals surface area contributed by atoms with Gasteiger partial charge in [0.2, 0.25) is 0 Å². The van der Waals surface area contributed by atoms with Gasteiger partial charge in [0.05, 0.1) is 6.61 Å². The van der Waals surface area contributed by atoms with Crippen LogP contribution in [0, 0.1) is 0 Å². The molecule has 48 valence electrons. The summed E-state index contributed by atoms with van der Waals surface area (Å²) in [4.78, 5) is 7.51. The zero-order chi connectivity index (χ0) is 6.69. The lowest BCUT2D eigenvalue weighted by molar-refractivity contribution is 0.280. The largest absolute Gasteiger partial charge is 0.392 e. The summed E-state index contributed by atoms with van der Waals surface area (Å²) in [6.45, 7) is -0.0264. The monoisotopic (exact) mass is 188 g/mol. The summed E-state index contributed by atoms with van der Waals surface area (Å²) in [7, 11) is 0. The summed E-state index contributed by atoms with van der Waals surface area (Å²) in [6.07, 6.45) is 2.99. The van der Waals surface area contributed by atoms with Crippen molar-refractivity contribution in [2.45, 2.75) is 6.61 Å². The molecule has 0 fully saturated rings. The summed E-state index contributed by atoms with van der Waals surface area (Å²) in [6, 6.07) is 0. The fourth-order valence-corrected chi connectivity index (χ4v) is 0.769. The van der Waals surface area contributed by atoms with Gasteiger partial charge in [0.25, 0.3) is 0 Å². The molecule has 0 bridgehead atoms. The fourth-order valence-electron chi connectivity index (χ4n) is 0.450. The molecule has 0 amide bonds. The SMILES string of the molecule is OCc1cncnc1Br. The predicted octanol–water partition coefficient (Wildman–Crippen LogP) is 0.731. The van der Waals surface area contributed by atoms with E-state index < -0.39 is 0 Å². The first-order valence-corrected chi connectivity index (χ1v) is 3.19. The summed E-state index contributed by atoms with van der Waals surface area (Å²) in [5.41, 5.74) is 0.706. The highest BCUT2D eigenvalue weighted by Crippen LogP contribution is 2.09. The van der Waals surface area contributed by atoms with Gasteiger partial charge in [-0.2, -0.15) is 0 Å². The Labute approximate surface area is 60.9 Å². The molecule has 3 nitrogen and oxygen atoms in total. The first kappa shape index (κ1) is 6.64. The molecule has 9 heavy (non-hydrogen) atoms. The Morgan fingerprint density at radius 3 is 2.89 bits per heavy atom. The molecule has 1 heterocycles. The van der Waals surface area contributed by atoms with Crippen LogP contribution < -0.4 is 0 Å². The fraction of sp³-hybridized carbons (Fsp3) is 0.200. The van der Waals surface area contributed by atoms with Crippen LogP contribution in [-0.4, -0.2) is 15.1 Å². The van der Waals surface area contributed by atoms with Gasteiger partial charge < -0.3 is 5.11 Å². The third-order valence-electron chi connectivity index (χ3n) is 0.903. The van der Waals surface area contributed by atoms with Gasteiger partial charge in [-0.15, -0.1) is 0 Å². The molecular formula is C5H5BrN2O. The maximum atomic E-state index is 8.61. The lowest BCUT2D eigenvalue weighted by Gasteiger charge is -1.94. The summed E-state index contributed by atoms with van der Waals surface area (Å²) < 4.78 is 0.653. The Morgan fingerprint density at radius 2 is 2.44 bits per heavy atom. The van der Waals surface area contributed by atoms with E-state index >= 15 is 0 Å². The van der Waals surface area contributed by atoms with Crippen LogP contribution in [0.1, 0.15) is 5.56 Å². The van der Waals surface area contributed by atoms with Gasteiger partial charge >= 0.3 is 0 Å². The maximum Gasteiger partial charge on any atom is 0.116 e. The van der Waals surface area contributed by atoms with Crippen LogP contribution in [0.4, 0.5) is 0 Å². The zero-order valence-electron chi connectivity index (χ0n) is 4.58. The van der Waals surface area contributed by atoms with E-state index in [1.54, 1.807) is 6.20 Å². The number of aliphatic hydroxyl groups is 1. The normalized spacial score (nSPS) is 9.56. The number of halogens is 1. The maximum absolute atomic E-state index is 8.61. The number of rotatable bonds is 1. The third-order valence-corrected chi connectivity index (χ3v) is 1.62. The van der Waals surface area contributed by atoms with E-state index in [0.29, 0.717) is 10.2 Å². The van der Waals surface area contributed by atoms with Gasteiger partial charge in [-0.1, -0.05) is 0 Å². The summed E-state index contributed by atoms with van der Waals surface area (Å²) in [5.74, 6) is 0. The molecule has 0 saturated heterocycles. The lowest BCUT2D eigenvalue weighted by atomic mass is 10.4. The highest BCUT2D eigenvalue weighted by Gasteiger charge is 1.95. The number of aromatic nitrogens is 2. The molecule has 1 rings (SSSR count). The van der Waals surface area contributed by atoms with E-state index in [4.69, 9.17) is 5.11 Å². The first-order chi connectivity index (χ1) is 4.34. The standard InChI is InChI=1S/C5H5BrN2O/c6-5-4(2-9)1-7-3-8-5/h1,3,9H,2H2. The van der Waals surface area contributed by atoms with Crippen molar-refractivity contribution >= 4 is 15.9 Å². The van der Waals surface area contributed by atoms with Crippen molar-refractivity contribution in [3.8, 4) is 0 Å². The summed E-state index contributed by atoms with van der Waals surface area (Å²) >= 11 is 3.15. The van der Waals surface area contributed by atoms with Crippen LogP contribution in [0.15, 0.2) is 17.1 Å². The van der Waals surface area contributed by atoms with Gasteiger partial charge in [0, 0.05) is 11.8 Å². The van der Waals surface area contributed by atoms with Gasteiger partial charge in [-0.3, -0.25) is 0 Å². The molecule has 1 N–H and O–H groups in total. The third kappa shape index (κ3) is 1.46. The Hall–Kier alpha value is -0.480. The van der Waals surface area contributed by atoms with Gasteiger partial charge in [-0.05, 0) is 15.9 Å². The lowest BCUT2D eigenvalue weighted by Crippen LogP contribution is -1.88.